The average molecular weight is 266 g/mol. The van der Waals surface area contributed by atoms with Gasteiger partial charge in [-0.25, -0.2) is 4.98 Å². The first kappa shape index (κ1) is 12.3. The van der Waals surface area contributed by atoms with Crippen LogP contribution >= 0.6 is 0 Å². The molecule has 3 aromatic rings. The molecule has 6 heteroatoms. The van der Waals surface area contributed by atoms with Gasteiger partial charge >= 0.3 is 0 Å². The van der Waals surface area contributed by atoms with E-state index >= 15 is 0 Å². The maximum Gasteiger partial charge on any atom is 0.222 e. The molecule has 0 saturated heterocycles. The predicted octanol–water partition coefficient (Wildman–Crippen LogP) is 1.92. The van der Waals surface area contributed by atoms with Crippen LogP contribution in [0.2, 0.25) is 0 Å². The minimum absolute atomic E-state index is 0.251. The third kappa shape index (κ3) is 2.49. The van der Waals surface area contributed by atoms with E-state index in [0.717, 1.165) is 22.3 Å². The van der Waals surface area contributed by atoms with Crippen LogP contribution in [-0.4, -0.2) is 19.9 Å². The Morgan fingerprint density at radius 3 is 2.75 bits per heavy atom. The van der Waals surface area contributed by atoms with Crippen molar-refractivity contribution in [1.29, 1.82) is 0 Å². The molecule has 100 valence electrons. The molecule has 0 saturated carbocycles. The Kier molecular flexibility index (Phi) is 3.12. The number of hydrogen-bond donors (Lipinski definition) is 2. The van der Waals surface area contributed by atoms with Gasteiger partial charge in [0.05, 0.1) is 29.6 Å². The lowest BCUT2D eigenvalue weighted by atomic mass is 10.2. The number of anilines is 2. The monoisotopic (exact) mass is 266 g/mol. The van der Waals surface area contributed by atoms with Crippen molar-refractivity contribution in [2.75, 3.05) is 11.1 Å². The van der Waals surface area contributed by atoms with Crippen LogP contribution < -0.4 is 11.1 Å². The molecule has 0 radical (unpaired) electrons. The summed E-state index contributed by atoms with van der Waals surface area (Å²) in [6.07, 6.45) is 3.48. The van der Waals surface area contributed by atoms with Gasteiger partial charge in [-0.15, -0.1) is 0 Å². The number of para-hydroxylation sites is 1. The van der Waals surface area contributed by atoms with E-state index in [1.807, 2.05) is 31.2 Å². The van der Waals surface area contributed by atoms with Crippen molar-refractivity contribution in [3.63, 3.8) is 0 Å². The zero-order valence-corrected chi connectivity index (χ0v) is 11.0. The average Bonchev–Trinajstić information content (AvgIpc) is 2.46. The molecule has 6 nitrogen and oxygen atoms in total. The van der Waals surface area contributed by atoms with E-state index < -0.39 is 0 Å². The minimum atomic E-state index is 0.251. The van der Waals surface area contributed by atoms with Crippen LogP contribution in [0.1, 0.15) is 11.4 Å². The van der Waals surface area contributed by atoms with Gasteiger partial charge in [0.2, 0.25) is 5.95 Å². The zero-order chi connectivity index (χ0) is 13.9. The number of nitrogens with zero attached hydrogens (tertiary/aromatic N) is 4. The Hall–Kier alpha value is -2.76. The highest BCUT2D eigenvalue weighted by atomic mass is 15.1. The summed E-state index contributed by atoms with van der Waals surface area (Å²) in [6.45, 7) is 2.44. The molecule has 0 fully saturated rings. The summed E-state index contributed by atoms with van der Waals surface area (Å²) in [4.78, 5) is 17.0. The van der Waals surface area contributed by atoms with Crippen LogP contribution in [0.4, 0.5) is 11.8 Å². The molecule has 20 heavy (non-hydrogen) atoms. The van der Waals surface area contributed by atoms with Crippen molar-refractivity contribution < 1.29 is 0 Å². The van der Waals surface area contributed by atoms with Crippen LogP contribution in [0, 0.1) is 6.92 Å². The SMILES string of the molecule is Cc1cnc(CNc2nc(N)nc3ccccc23)cn1. The number of nitrogens with two attached hydrogens (primary N) is 1. The summed E-state index contributed by atoms with van der Waals surface area (Å²) in [5.74, 6) is 0.955. The number of rotatable bonds is 3. The Labute approximate surface area is 116 Å². The maximum absolute atomic E-state index is 5.72. The molecule has 3 N–H and O–H groups in total. The van der Waals surface area contributed by atoms with Gasteiger partial charge in [-0.3, -0.25) is 9.97 Å². The molecule has 1 aromatic carbocycles. The molecule has 2 aromatic heterocycles. The third-order valence-electron chi connectivity index (χ3n) is 2.89. The van der Waals surface area contributed by atoms with E-state index in [1.165, 1.54) is 0 Å². The Bertz CT molecular complexity index is 738. The van der Waals surface area contributed by atoms with Gasteiger partial charge in [0, 0.05) is 11.6 Å². The number of fused-ring (bicyclic) bond motifs is 1. The molecule has 3 rings (SSSR count). The summed E-state index contributed by atoms with van der Waals surface area (Å²) in [6, 6.07) is 7.73. The maximum atomic E-state index is 5.72. The molecule has 0 amide bonds. The van der Waals surface area contributed by atoms with Crippen molar-refractivity contribution in [3.05, 3.63) is 48.0 Å². The second kappa shape index (κ2) is 5.08. The number of nitrogen functional groups attached to an aromatic ring is 1. The second-order valence-corrected chi connectivity index (χ2v) is 4.45. The number of nitrogens with one attached hydrogen (secondary N) is 1. The zero-order valence-electron chi connectivity index (χ0n) is 11.0. The molecule has 0 atom stereocenters. The Morgan fingerprint density at radius 1 is 1.10 bits per heavy atom. The van der Waals surface area contributed by atoms with E-state index in [-0.39, 0.29) is 5.95 Å². The topological polar surface area (TPSA) is 89.6 Å². The van der Waals surface area contributed by atoms with Crippen molar-refractivity contribution in [1.82, 2.24) is 19.9 Å². The van der Waals surface area contributed by atoms with Crippen molar-refractivity contribution in [2.45, 2.75) is 13.5 Å². The normalized spacial score (nSPS) is 10.7. The molecule has 0 spiro atoms. The molecule has 0 aliphatic rings. The number of aromatic nitrogens is 4. The lowest BCUT2D eigenvalue weighted by molar-refractivity contribution is 0.978. The first-order valence-corrected chi connectivity index (χ1v) is 6.26. The van der Waals surface area contributed by atoms with Gasteiger partial charge in [0.1, 0.15) is 5.82 Å². The highest BCUT2D eigenvalue weighted by Gasteiger charge is 2.05. The van der Waals surface area contributed by atoms with E-state index in [4.69, 9.17) is 5.73 Å². The van der Waals surface area contributed by atoms with Gasteiger partial charge in [-0.1, -0.05) is 12.1 Å². The standard InChI is InChI=1S/C14H14N6/c1-9-6-17-10(7-16-9)8-18-13-11-4-2-3-5-12(11)19-14(15)20-13/h2-7H,8H2,1H3,(H3,15,18,19,20). The van der Waals surface area contributed by atoms with E-state index in [9.17, 15) is 0 Å². The van der Waals surface area contributed by atoms with Crippen molar-refractivity contribution in [2.24, 2.45) is 0 Å². The van der Waals surface area contributed by atoms with E-state index in [0.29, 0.717) is 12.4 Å². The lowest BCUT2D eigenvalue weighted by Crippen LogP contribution is -2.07. The summed E-state index contributed by atoms with van der Waals surface area (Å²) in [7, 11) is 0. The first-order chi connectivity index (χ1) is 9.72. The number of hydrogen-bond acceptors (Lipinski definition) is 6. The van der Waals surface area contributed by atoms with Gasteiger partial charge in [-0.2, -0.15) is 4.98 Å². The fourth-order valence-electron chi connectivity index (χ4n) is 1.91. The molecule has 0 aliphatic carbocycles. The predicted molar refractivity (Wildman–Crippen MR) is 78.0 cm³/mol. The van der Waals surface area contributed by atoms with Crippen LogP contribution in [0.25, 0.3) is 10.9 Å². The first-order valence-electron chi connectivity index (χ1n) is 6.26. The second-order valence-electron chi connectivity index (χ2n) is 4.45. The van der Waals surface area contributed by atoms with Crippen LogP contribution in [0.15, 0.2) is 36.7 Å². The van der Waals surface area contributed by atoms with Crippen LogP contribution in [0.3, 0.4) is 0 Å². The highest BCUT2D eigenvalue weighted by molar-refractivity contribution is 5.89. The highest BCUT2D eigenvalue weighted by Crippen LogP contribution is 2.20. The summed E-state index contributed by atoms with van der Waals surface area (Å²) >= 11 is 0. The van der Waals surface area contributed by atoms with Gasteiger partial charge < -0.3 is 11.1 Å². The molecule has 2 heterocycles. The van der Waals surface area contributed by atoms with Crippen LogP contribution in [0.5, 0.6) is 0 Å². The molecule has 0 bridgehead atoms. The largest absolute Gasteiger partial charge is 0.368 e. The number of benzene rings is 1. The molecule has 0 unspecified atom stereocenters. The summed E-state index contributed by atoms with van der Waals surface area (Å²) < 4.78 is 0. The van der Waals surface area contributed by atoms with Gasteiger partial charge in [-0.05, 0) is 19.1 Å². The Morgan fingerprint density at radius 2 is 1.95 bits per heavy atom. The molecule has 0 aliphatic heterocycles. The summed E-state index contributed by atoms with van der Waals surface area (Å²) in [5.41, 5.74) is 8.28. The van der Waals surface area contributed by atoms with Crippen molar-refractivity contribution >= 4 is 22.7 Å². The smallest absolute Gasteiger partial charge is 0.222 e. The van der Waals surface area contributed by atoms with Crippen LogP contribution in [-0.2, 0) is 6.54 Å². The summed E-state index contributed by atoms with van der Waals surface area (Å²) in [5, 5.41) is 4.16. The van der Waals surface area contributed by atoms with Gasteiger partial charge in [0.25, 0.3) is 0 Å². The fraction of sp³-hybridized carbons (Fsp3) is 0.143. The molecular weight excluding hydrogens is 252 g/mol. The third-order valence-corrected chi connectivity index (χ3v) is 2.89. The van der Waals surface area contributed by atoms with E-state index in [1.54, 1.807) is 12.4 Å². The molecular formula is C14H14N6. The minimum Gasteiger partial charge on any atom is -0.368 e. The van der Waals surface area contributed by atoms with Gasteiger partial charge in [0.15, 0.2) is 0 Å². The lowest BCUT2D eigenvalue weighted by Gasteiger charge is -2.08. The number of aryl methyl sites for hydroxylation is 1. The van der Waals surface area contributed by atoms with E-state index in [2.05, 4.69) is 25.3 Å². The fourth-order valence-corrected chi connectivity index (χ4v) is 1.91. The quantitative estimate of drug-likeness (QED) is 0.752. The Balaban J connectivity index is 1.88. The van der Waals surface area contributed by atoms with Crippen molar-refractivity contribution in [3.8, 4) is 0 Å².